The minimum absolute atomic E-state index is 0.157. The third kappa shape index (κ3) is 5.13. The third-order valence-electron chi connectivity index (χ3n) is 16.2. The number of nitrogens with zero attached hydrogens (tertiary/aromatic N) is 2. The predicted octanol–water partition coefficient (Wildman–Crippen LogP) is 6.87. The fourth-order valence-corrected chi connectivity index (χ4v) is 12.2. The molecule has 4 aliphatic carbocycles. The average Bonchev–Trinajstić information content (AvgIpc) is 3.51. The summed E-state index contributed by atoms with van der Waals surface area (Å²) in [4.78, 5) is 25.7. The highest BCUT2D eigenvalue weighted by Crippen LogP contribution is 2.75. The lowest BCUT2D eigenvalue weighted by Gasteiger charge is -2.71. The largest absolute Gasteiger partial charge is 0.481 e. The van der Waals surface area contributed by atoms with E-state index in [9.17, 15) is 14.7 Å². The number of aromatic nitrogens is 2. The summed E-state index contributed by atoms with van der Waals surface area (Å²) >= 11 is 0. The Hall–Kier alpha value is -2.23. The summed E-state index contributed by atoms with van der Waals surface area (Å²) in [5.41, 5.74) is 12.3. The normalized spacial score (nSPS) is 43.5. The average molecular weight is 681 g/mol. The van der Waals surface area contributed by atoms with E-state index < -0.39 is 23.3 Å². The van der Waals surface area contributed by atoms with Crippen molar-refractivity contribution >= 4 is 11.9 Å². The van der Waals surface area contributed by atoms with Crippen LogP contribution < -0.4 is 11.5 Å². The quantitative estimate of drug-likeness (QED) is 0.242. The molecule has 1 aliphatic heterocycles. The number of hydrogen-bond acceptors (Lipinski definition) is 6. The van der Waals surface area contributed by atoms with Gasteiger partial charge >= 0.3 is 5.97 Å². The Morgan fingerprint density at radius 1 is 1.10 bits per heavy atom. The molecule has 3 saturated carbocycles. The van der Waals surface area contributed by atoms with Crippen LogP contribution in [0, 0.1) is 62.6 Å². The number of fused-ring (bicyclic) bond motifs is 3. The van der Waals surface area contributed by atoms with Crippen molar-refractivity contribution in [1.82, 2.24) is 9.78 Å². The van der Waals surface area contributed by atoms with Crippen LogP contribution in [0.5, 0.6) is 0 Å². The Balaban J connectivity index is 1.46. The summed E-state index contributed by atoms with van der Waals surface area (Å²) in [7, 11) is 0. The van der Waals surface area contributed by atoms with Gasteiger partial charge in [-0.05, 0) is 97.3 Å². The van der Waals surface area contributed by atoms with E-state index in [4.69, 9.17) is 26.0 Å². The molecule has 9 nitrogen and oxygen atoms in total. The van der Waals surface area contributed by atoms with E-state index in [-0.39, 0.29) is 56.8 Å². The molecule has 274 valence electrons. The van der Waals surface area contributed by atoms with Gasteiger partial charge in [0, 0.05) is 22.6 Å². The third-order valence-corrected chi connectivity index (χ3v) is 16.2. The number of primary amides is 1. The number of rotatable bonds is 9. The molecule has 2 bridgehead atoms. The number of nitrogens with two attached hydrogens (primary N) is 2. The number of carbonyl (C=O) groups excluding carboxylic acids is 1. The molecule has 5 aliphatic rings. The molecule has 0 unspecified atom stereocenters. The van der Waals surface area contributed by atoms with Gasteiger partial charge in [-0.15, -0.1) is 0 Å². The second kappa shape index (κ2) is 11.9. The monoisotopic (exact) mass is 680 g/mol. The second-order valence-corrected chi connectivity index (χ2v) is 19.1. The lowest BCUT2D eigenvalue weighted by atomic mass is 9.34. The number of ether oxygens (including phenoxy) is 2. The summed E-state index contributed by atoms with van der Waals surface area (Å²) in [6.07, 6.45) is 9.63. The Kier molecular flexibility index (Phi) is 8.88. The minimum atomic E-state index is -0.643. The lowest BCUT2D eigenvalue weighted by Crippen LogP contribution is -2.69. The van der Waals surface area contributed by atoms with Crippen LogP contribution in [-0.2, 0) is 14.3 Å². The van der Waals surface area contributed by atoms with E-state index in [1.807, 2.05) is 10.9 Å². The Bertz CT molecular complexity index is 1500. The predicted molar refractivity (Wildman–Crippen MR) is 191 cm³/mol. The molecular formula is C40H64N4O5. The number of hydrogen-bond donors (Lipinski definition) is 3. The number of carbonyl (C=O) groups is 2. The van der Waals surface area contributed by atoms with Crippen molar-refractivity contribution in [1.29, 1.82) is 0 Å². The molecule has 6 rings (SSSR count). The van der Waals surface area contributed by atoms with E-state index in [1.54, 1.807) is 6.07 Å². The topological polar surface area (TPSA) is 143 Å². The van der Waals surface area contributed by atoms with E-state index in [0.717, 1.165) is 38.5 Å². The van der Waals surface area contributed by atoms with Gasteiger partial charge in [0.2, 0.25) is 0 Å². The molecule has 9 heteroatoms. The summed E-state index contributed by atoms with van der Waals surface area (Å²) in [6, 6.07) is 1.55. The molecule has 4 fully saturated rings. The highest BCUT2D eigenvalue weighted by molar-refractivity contribution is 5.90. The van der Waals surface area contributed by atoms with Gasteiger partial charge in [-0.2, -0.15) is 5.10 Å². The van der Waals surface area contributed by atoms with Crippen LogP contribution in [0.15, 0.2) is 23.9 Å². The van der Waals surface area contributed by atoms with Gasteiger partial charge < -0.3 is 26.0 Å². The van der Waals surface area contributed by atoms with Crippen LogP contribution in [0.3, 0.4) is 0 Å². The zero-order valence-electron chi connectivity index (χ0n) is 31.8. The van der Waals surface area contributed by atoms with Crippen molar-refractivity contribution < 1.29 is 24.2 Å². The molecule has 1 amide bonds. The molecule has 2 heterocycles. The number of carboxylic acid groups (broad SMARTS) is 1. The van der Waals surface area contributed by atoms with E-state index in [1.165, 1.54) is 5.57 Å². The van der Waals surface area contributed by atoms with Crippen LogP contribution >= 0.6 is 0 Å². The van der Waals surface area contributed by atoms with Crippen LogP contribution in [0.25, 0.3) is 0 Å². The fourth-order valence-electron chi connectivity index (χ4n) is 12.2. The number of aliphatic carboxylic acids is 1. The van der Waals surface area contributed by atoms with E-state index in [2.05, 4.69) is 75.3 Å². The first-order valence-electron chi connectivity index (χ1n) is 19.0. The molecule has 5 N–H and O–H groups in total. The maximum absolute atomic E-state index is 13.5. The molecule has 0 spiro atoms. The smallest absolute Gasteiger partial charge is 0.307 e. The highest BCUT2D eigenvalue weighted by atomic mass is 16.5. The van der Waals surface area contributed by atoms with Crippen LogP contribution in [0.4, 0.5) is 0 Å². The summed E-state index contributed by atoms with van der Waals surface area (Å²) in [6.45, 7) is 24.0. The molecule has 0 aromatic carbocycles. The van der Waals surface area contributed by atoms with Gasteiger partial charge in [-0.25, -0.2) is 0 Å². The Morgan fingerprint density at radius 3 is 2.39 bits per heavy atom. The molecule has 0 radical (unpaired) electrons. The number of amides is 1. The van der Waals surface area contributed by atoms with Crippen molar-refractivity contribution in [2.45, 2.75) is 125 Å². The maximum atomic E-state index is 13.5. The summed E-state index contributed by atoms with van der Waals surface area (Å²) in [5.74, 6) is -0.106. The first-order chi connectivity index (χ1) is 22.7. The lowest BCUT2D eigenvalue weighted by molar-refractivity contribution is -0.252. The van der Waals surface area contributed by atoms with Gasteiger partial charge in [-0.1, -0.05) is 74.0 Å². The van der Waals surface area contributed by atoms with Crippen LogP contribution in [0.1, 0.15) is 124 Å². The summed E-state index contributed by atoms with van der Waals surface area (Å²) < 4.78 is 15.6. The Labute approximate surface area is 294 Å². The molecule has 49 heavy (non-hydrogen) atoms. The molecule has 12 atom stereocenters. The van der Waals surface area contributed by atoms with Gasteiger partial charge in [-0.3, -0.25) is 14.3 Å². The summed E-state index contributed by atoms with van der Waals surface area (Å²) in [5, 5.41) is 15.8. The molecule has 1 aromatic heterocycles. The van der Waals surface area contributed by atoms with Crippen LogP contribution in [-0.4, -0.2) is 58.2 Å². The van der Waals surface area contributed by atoms with E-state index >= 15 is 0 Å². The maximum Gasteiger partial charge on any atom is 0.307 e. The number of carboxylic acids is 1. The van der Waals surface area contributed by atoms with Gasteiger partial charge in [0.1, 0.15) is 5.69 Å². The minimum Gasteiger partial charge on any atom is -0.481 e. The zero-order valence-corrected chi connectivity index (χ0v) is 31.8. The van der Waals surface area contributed by atoms with Crippen molar-refractivity contribution in [2.24, 2.45) is 74.0 Å². The van der Waals surface area contributed by atoms with Gasteiger partial charge in [0.15, 0.2) is 0 Å². The van der Waals surface area contributed by atoms with Crippen molar-refractivity contribution in [2.75, 3.05) is 19.8 Å². The molecule has 1 aromatic rings. The highest BCUT2D eigenvalue weighted by Gasteiger charge is 2.72. The standard InChI is InChI=1S/C40H64N4O5/c1-23(2)25(5)35(6)16-17-37(8)26-11-12-30-36(7)20-48-22-40(30,27(26)13-15-38(37,9)31(35)34(46)47)19-29(44-18-14-28(43-44)33(41)45)32(36)49-21-39(10,42)24(3)4/h13-14,18,23-26,29-32H,11-12,15-17,19-22,42H2,1-10H3,(H2,41,45)(H,46,47)/t25-,26+,29-,30+,31-,32+,35-,36+,37-,38+,39+,40+/m1/s1. The first kappa shape index (κ1) is 36.6. The number of allylic oxidation sites excluding steroid dienone is 1. The van der Waals surface area contributed by atoms with Crippen molar-refractivity contribution in [3.63, 3.8) is 0 Å². The SMILES string of the molecule is CC(C)[C@@H](C)[C@@]1(C)CC[C@]2(C)[C@H]3CC[C@@H]4[C@@]5(COC[C@]4(C)[C@@H](OC[C@](C)(N)C(C)C)[C@H](n4ccc(C(N)=O)n4)C5)C3=CC[C@@]2(C)[C@@H]1C(=O)O. The Morgan fingerprint density at radius 2 is 1.80 bits per heavy atom. The van der Waals surface area contributed by atoms with Crippen molar-refractivity contribution in [3.05, 3.63) is 29.6 Å². The first-order valence-corrected chi connectivity index (χ1v) is 19.0. The second-order valence-electron chi connectivity index (χ2n) is 19.1. The van der Waals surface area contributed by atoms with E-state index in [0.29, 0.717) is 37.6 Å². The molecule has 1 saturated heterocycles. The van der Waals surface area contributed by atoms with Gasteiger partial charge in [0.25, 0.3) is 5.91 Å². The fraction of sp³-hybridized carbons (Fsp3) is 0.825. The zero-order chi connectivity index (χ0) is 36.1. The van der Waals surface area contributed by atoms with Gasteiger partial charge in [0.05, 0.1) is 37.9 Å². The van der Waals surface area contributed by atoms with Crippen LogP contribution in [0.2, 0.25) is 0 Å². The van der Waals surface area contributed by atoms with Crippen molar-refractivity contribution in [3.8, 4) is 0 Å². The molecular weight excluding hydrogens is 616 g/mol.